The van der Waals surface area contributed by atoms with Crippen LogP contribution in [0.2, 0.25) is 0 Å². The number of amides is 1. The van der Waals surface area contributed by atoms with E-state index >= 15 is 0 Å². The molecule has 0 aliphatic heterocycles. The van der Waals surface area contributed by atoms with Crippen LogP contribution in [0.4, 0.5) is 4.39 Å². The molecule has 20 heavy (non-hydrogen) atoms. The zero-order valence-corrected chi connectivity index (χ0v) is 11.9. The smallest absolute Gasteiger partial charge is 0.255 e. The Labute approximate surface area is 129 Å². The Hall–Kier alpha value is -1.88. The number of hydrogen-bond acceptors (Lipinski definition) is 2. The maximum atomic E-state index is 13.4. The molecule has 2 aromatic carbocycles. The molecule has 0 saturated heterocycles. The number of carbonyl (C=O) groups is 1. The molecule has 0 unspecified atom stereocenters. The Morgan fingerprint density at radius 2 is 2.10 bits per heavy atom. The monoisotopic (exact) mass is 340 g/mol. The molecule has 0 radical (unpaired) electrons. The van der Waals surface area contributed by atoms with Crippen LogP contribution in [0.1, 0.15) is 20.0 Å². The molecule has 1 amide bonds. The van der Waals surface area contributed by atoms with Crippen LogP contribution in [0, 0.1) is 5.82 Å². The van der Waals surface area contributed by atoms with Crippen molar-refractivity contribution < 1.29 is 18.0 Å². The molecule has 0 saturated carbocycles. The van der Waals surface area contributed by atoms with Gasteiger partial charge in [0.25, 0.3) is 5.91 Å². The summed E-state index contributed by atoms with van der Waals surface area (Å²) in [5, 5.41) is 2.60. The molecule has 0 aliphatic carbocycles. The molecule has 0 aliphatic rings. The van der Waals surface area contributed by atoms with E-state index in [0.717, 1.165) is 28.2 Å². The lowest BCUT2D eigenvalue weighted by atomic mass is 10.1. The Kier molecular flexibility index (Phi) is 3.54. The summed E-state index contributed by atoms with van der Waals surface area (Å²) in [7, 11) is -2.72. The van der Waals surface area contributed by atoms with Crippen molar-refractivity contribution in [2.45, 2.75) is 6.54 Å². The predicted octanol–water partition coefficient (Wildman–Crippen LogP) is 3.53. The summed E-state index contributed by atoms with van der Waals surface area (Å²) in [4.78, 5) is 12.2. The third kappa shape index (κ3) is 3.57. The van der Waals surface area contributed by atoms with Gasteiger partial charge in [-0.3, -0.25) is 4.79 Å². The van der Waals surface area contributed by atoms with Crippen molar-refractivity contribution in [3.63, 3.8) is 0 Å². The summed E-state index contributed by atoms with van der Waals surface area (Å²) in [6, 6.07) is 10.4. The number of hydrogen-bond donors (Lipinski definition) is 1. The van der Waals surface area contributed by atoms with Crippen LogP contribution in [-0.4, -0.2) is 12.9 Å². The first kappa shape index (κ1) is 10.9. The Morgan fingerprint density at radius 1 is 1.35 bits per heavy atom. The SMILES string of the molecule is [2H]C([2H])([2H])Oc1ccc(F)cc1C(=O)NCc1ccc(Br)cc1. The number of rotatable bonds is 4. The van der Waals surface area contributed by atoms with E-state index in [0.29, 0.717) is 0 Å². The Bertz CT molecular complexity index is 705. The second kappa shape index (κ2) is 6.52. The molecule has 2 aromatic rings. The van der Waals surface area contributed by atoms with Gasteiger partial charge < -0.3 is 10.1 Å². The maximum absolute atomic E-state index is 13.4. The first-order chi connectivity index (χ1) is 10.7. The van der Waals surface area contributed by atoms with Crippen LogP contribution >= 0.6 is 15.9 Å². The van der Waals surface area contributed by atoms with E-state index in [-0.39, 0.29) is 17.9 Å². The van der Waals surface area contributed by atoms with Gasteiger partial charge in [0.1, 0.15) is 11.6 Å². The van der Waals surface area contributed by atoms with Crippen LogP contribution in [0.5, 0.6) is 5.75 Å². The van der Waals surface area contributed by atoms with Crippen LogP contribution in [0.15, 0.2) is 46.9 Å². The van der Waals surface area contributed by atoms with Gasteiger partial charge in [-0.25, -0.2) is 4.39 Å². The van der Waals surface area contributed by atoms with Gasteiger partial charge in [-0.2, -0.15) is 0 Å². The lowest BCUT2D eigenvalue weighted by Gasteiger charge is -2.09. The second-order valence-corrected chi connectivity index (χ2v) is 4.97. The molecule has 0 heterocycles. The minimum atomic E-state index is -2.72. The molecular weight excluding hydrogens is 325 g/mol. The lowest BCUT2D eigenvalue weighted by Crippen LogP contribution is -2.23. The zero-order valence-electron chi connectivity index (χ0n) is 13.3. The highest BCUT2D eigenvalue weighted by atomic mass is 79.9. The topological polar surface area (TPSA) is 38.3 Å². The van der Waals surface area contributed by atoms with E-state index in [1.165, 1.54) is 0 Å². The van der Waals surface area contributed by atoms with E-state index in [1.54, 1.807) is 0 Å². The minimum Gasteiger partial charge on any atom is -0.496 e. The number of benzene rings is 2. The summed E-state index contributed by atoms with van der Waals surface area (Å²) >= 11 is 3.31. The normalized spacial score (nSPS) is 13.0. The van der Waals surface area contributed by atoms with E-state index in [4.69, 9.17) is 8.85 Å². The predicted molar refractivity (Wildman–Crippen MR) is 78.3 cm³/mol. The number of carbonyl (C=O) groups excluding carboxylic acids is 1. The van der Waals surface area contributed by atoms with Crippen molar-refractivity contribution in [3.05, 3.63) is 63.9 Å². The van der Waals surface area contributed by atoms with Gasteiger partial charge in [-0.1, -0.05) is 28.1 Å². The van der Waals surface area contributed by atoms with Crippen molar-refractivity contribution in [2.24, 2.45) is 0 Å². The molecular formula is C15H13BrFNO2. The molecule has 0 aromatic heterocycles. The largest absolute Gasteiger partial charge is 0.496 e. The van der Waals surface area contributed by atoms with E-state index in [1.807, 2.05) is 24.3 Å². The van der Waals surface area contributed by atoms with Crippen molar-refractivity contribution in [2.75, 3.05) is 7.04 Å². The number of halogens is 2. The van der Waals surface area contributed by atoms with Gasteiger partial charge in [-0.05, 0) is 35.9 Å². The van der Waals surface area contributed by atoms with E-state index < -0.39 is 18.8 Å². The molecule has 0 spiro atoms. The van der Waals surface area contributed by atoms with Crippen LogP contribution in [0.25, 0.3) is 0 Å². The van der Waals surface area contributed by atoms with Crippen molar-refractivity contribution >= 4 is 21.8 Å². The summed E-state index contributed by atoms with van der Waals surface area (Å²) in [5.41, 5.74) is 0.675. The molecule has 3 nitrogen and oxygen atoms in total. The number of methoxy groups -OCH3 is 1. The summed E-state index contributed by atoms with van der Waals surface area (Å²) in [5.74, 6) is -1.47. The van der Waals surface area contributed by atoms with Gasteiger partial charge in [-0.15, -0.1) is 0 Å². The fraction of sp³-hybridized carbons (Fsp3) is 0.133. The number of nitrogens with one attached hydrogen (secondary N) is 1. The highest BCUT2D eigenvalue weighted by molar-refractivity contribution is 9.10. The third-order valence-electron chi connectivity index (χ3n) is 2.66. The molecule has 0 bridgehead atoms. The average Bonchev–Trinajstić information content (AvgIpc) is 2.47. The van der Waals surface area contributed by atoms with Crippen molar-refractivity contribution in [1.29, 1.82) is 0 Å². The highest BCUT2D eigenvalue weighted by Crippen LogP contribution is 2.19. The van der Waals surface area contributed by atoms with Gasteiger partial charge in [0.2, 0.25) is 0 Å². The standard InChI is InChI=1S/C15H13BrFNO2/c1-20-14-7-6-12(17)8-13(14)15(19)18-9-10-2-4-11(16)5-3-10/h2-8H,9H2,1H3,(H,18,19)/i1D3. The summed E-state index contributed by atoms with van der Waals surface area (Å²) in [6.45, 7) is 0.218. The fourth-order valence-electron chi connectivity index (χ4n) is 1.65. The van der Waals surface area contributed by atoms with Crippen molar-refractivity contribution in [3.8, 4) is 5.75 Å². The lowest BCUT2D eigenvalue weighted by molar-refractivity contribution is 0.0947. The average molecular weight is 341 g/mol. The van der Waals surface area contributed by atoms with Gasteiger partial charge >= 0.3 is 0 Å². The first-order valence-corrected chi connectivity index (χ1v) is 6.55. The Balaban J connectivity index is 2.14. The summed E-state index contributed by atoms with van der Waals surface area (Å²) < 4.78 is 40.3. The highest BCUT2D eigenvalue weighted by Gasteiger charge is 2.13. The Morgan fingerprint density at radius 3 is 2.80 bits per heavy atom. The first-order valence-electron chi connectivity index (χ1n) is 7.26. The zero-order chi connectivity index (χ0) is 17.0. The van der Waals surface area contributed by atoms with E-state index in [2.05, 4.69) is 21.2 Å². The second-order valence-electron chi connectivity index (χ2n) is 4.05. The van der Waals surface area contributed by atoms with Crippen LogP contribution in [0.3, 0.4) is 0 Å². The third-order valence-corrected chi connectivity index (χ3v) is 3.19. The van der Waals surface area contributed by atoms with Gasteiger partial charge in [0.05, 0.1) is 16.7 Å². The van der Waals surface area contributed by atoms with Crippen LogP contribution in [-0.2, 0) is 6.54 Å². The molecule has 0 atom stereocenters. The minimum absolute atomic E-state index is 0.168. The van der Waals surface area contributed by atoms with E-state index in [9.17, 15) is 9.18 Å². The molecule has 2 rings (SSSR count). The van der Waals surface area contributed by atoms with Gasteiger partial charge in [0, 0.05) is 11.0 Å². The molecule has 1 N–H and O–H groups in total. The molecule has 0 fully saturated rings. The number of ether oxygens (including phenoxy) is 1. The molecule has 104 valence electrons. The van der Waals surface area contributed by atoms with Gasteiger partial charge in [0.15, 0.2) is 0 Å². The van der Waals surface area contributed by atoms with Crippen molar-refractivity contribution in [1.82, 2.24) is 5.32 Å². The molecule has 5 heteroatoms. The maximum Gasteiger partial charge on any atom is 0.255 e. The fourth-order valence-corrected chi connectivity index (χ4v) is 1.91. The van der Waals surface area contributed by atoms with Crippen LogP contribution < -0.4 is 10.1 Å². The summed E-state index contributed by atoms with van der Waals surface area (Å²) in [6.07, 6.45) is 0. The quantitative estimate of drug-likeness (QED) is 0.924.